The summed E-state index contributed by atoms with van der Waals surface area (Å²) in [6.07, 6.45) is 0. The number of benzene rings is 1. The standard InChI is InChI=1S/C16H21N3O3/c1-10(2)17-9-12-7-13(18-19-16(12)20)11-5-6-14(21-3)15(8-11)22-4/h5-8,10,17H,9H2,1-4H3,(H,19,20). The summed E-state index contributed by atoms with van der Waals surface area (Å²) >= 11 is 0. The first kappa shape index (κ1) is 16.0. The van der Waals surface area contributed by atoms with Crippen molar-refractivity contribution in [2.75, 3.05) is 14.2 Å². The summed E-state index contributed by atoms with van der Waals surface area (Å²) in [4.78, 5) is 11.8. The van der Waals surface area contributed by atoms with E-state index in [2.05, 4.69) is 15.5 Å². The van der Waals surface area contributed by atoms with Gasteiger partial charge in [-0.3, -0.25) is 4.79 Å². The minimum atomic E-state index is -0.183. The Morgan fingerprint density at radius 2 is 1.91 bits per heavy atom. The van der Waals surface area contributed by atoms with Crippen molar-refractivity contribution in [2.24, 2.45) is 0 Å². The van der Waals surface area contributed by atoms with Gasteiger partial charge >= 0.3 is 0 Å². The maximum Gasteiger partial charge on any atom is 0.268 e. The van der Waals surface area contributed by atoms with Crippen LogP contribution in [0.1, 0.15) is 19.4 Å². The first-order valence-electron chi connectivity index (χ1n) is 7.09. The van der Waals surface area contributed by atoms with Crippen LogP contribution in [0.15, 0.2) is 29.1 Å². The molecule has 6 heteroatoms. The molecule has 2 N–H and O–H groups in total. The molecule has 0 radical (unpaired) electrons. The molecule has 0 aliphatic carbocycles. The van der Waals surface area contributed by atoms with Gasteiger partial charge in [0.25, 0.3) is 5.56 Å². The van der Waals surface area contributed by atoms with Crippen molar-refractivity contribution in [3.8, 4) is 22.8 Å². The van der Waals surface area contributed by atoms with Gasteiger partial charge in [-0.2, -0.15) is 5.10 Å². The zero-order chi connectivity index (χ0) is 16.1. The van der Waals surface area contributed by atoms with E-state index in [-0.39, 0.29) is 5.56 Å². The van der Waals surface area contributed by atoms with Crippen LogP contribution in [0.2, 0.25) is 0 Å². The number of aromatic amines is 1. The van der Waals surface area contributed by atoms with Gasteiger partial charge in [-0.1, -0.05) is 13.8 Å². The van der Waals surface area contributed by atoms with E-state index in [0.29, 0.717) is 35.3 Å². The molecule has 118 valence electrons. The molecule has 1 aromatic carbocycles. The normalized spacial score (nSPS) is 10.8. The molecule has 0 amide bonds. The Morgan fingerprint density at radius 1 is 1.18 bits per heavy atom. The summed E-state index contributed by atoms with van der Waals surface area (Å²) in [5, 5.41) is 9.87. The lowest BCUT2D eigenvalue weighted by atomic mass is 10.1. The highest BCUT2D eigenvalue weighted by molar-refractivity contribution is 5.64. The molecule has 0 unspecified atom stereocenters. The molecular weight excluding hydrogens is 282 g/mol. The second-order valence-corrected chi connectivity index (χ2v) is 5.21. The van der Waals surface area contributed by atoms with Gasteiger partial charge in [-0.15, -0.1) is 0 Å². The van der Waals surface area contributed by atoms with Crippen LogP contribution in [-0.4, -0.2) is 30.5 Å². The van der Waals surface area contributed by atoms with Gasteiger partial charge in [0.2, 0.25) is 0 Å². The minimum Gasteiger partial charge on any atom is -0.493 e. The van der Waals surface area contributed by atoms with E-state index >= 15 is 0 Å². The summed E-state index contributed by atoms with van der Waals surface area (Å²) in [5.41, 5.74) is 1.99. The van der Waals surface area contributed by atoms with Crippen molar-refractivity contribution in [1.82, 2.24) is 15.5 Å². The summed E-state index contributed by atoms with van der Waals surface area (Å²) in [5.74, 6) is 1.27. The van der Waals surface area contributed by atoms with Crippen LogP contribution in [0.3, 0.4) is 0 Å². The third-order valence-electron chi connectivity index (χ3n) is 3.26. The molecule has 22 heavy (non-hydrogen) atoms. The SMILES string of the molecule is COc1ccc(-c2cc(CNC(C)C)c(=O)[nH]n2)cc1OC. The third kappa shape index (κ3) is 3.65. The van der Waals surface area contributed by atoms with Crippen molar-refractivity contribution >= 4 is 0 Å². The second-order valence-electron chi connectivity index (χ2n) is 5.21. The fourth-order valence-corrected chi connectivity index (χ4v) is 2.03. The summed E-state index contributed by atoms with van der Waals surface area (Å²) < 4.78 is 10.5. The molecule has 1 heterocycles. The van der Waals surface area contributed by atoms with Gasteiger partial charge in [-0.25, -0.2) is 5.10 Å². The van der Waals surface area contributed by atoms with Crippen molar-refractivity contribution in [2.45, 2.75) is 26.4 Å². The maximum atomic E-state index is 11.8. The van der Waals surface area contributed by atoms with E-state index in [1.807, 2.05) is 32.0 Å². The average molecular weight is 303 g/mol. The Kier molecular flexibility index (Phi) is 5.16. The van der Waals surface area contributed by atoms with Gasteiger partial charge < -0.3 is 14.8 Å². The molecule has 0 saturated heterocycles. The highest BCUT2D eigenvalue weighted by Crippen LogP contribution is 2.31. The van der Waals surface area contributed by atoms with Crippen molar-refractivity contribution < 1.29 is 9.47 Å². The molecular formula is C16H21N3O3. The van der Waals surface area contributed by atoms with Crippen LogP contribution in [0.5, 0.6) is 11.5 Å². The van der Waals surface area contributed by atoms with E-state index < -0.39 is 0 Å². The van der Waals surface area contributed by atoms with Crippen LogP contribution in [-0.2, 0) is 6.54 Å². The fraction of sp³-hybridized carbons (Fsp3) is 0.375. The number of nitrogens with zero attached hydrogens (tertiary/aromatic N) is 1. The van der Waals surface area contributed by atoms with Gasteiger partial charge in [0, 0.05) is 23.7 Å². The number of ether oxygens (including phenoxy) is 2. The largest absolute Gasteiger partial charge is 0.493 e. The Balaban J connectivity index is 2.36. The molecule has 0 fully saturated rings. The number of H-pyrrole nitrogens is 1. The molecule has 0 spiro atoms. The Morgan fingerprint density at radius 3 is 2.55 bits per heavy atom. The van der Waals surface area contributed by atoms with E-state index in [9.17, 15) is 4.79 Å². The van der Waals surface area contributed by atoms with Crippen LogP contribution in [0.4, 0.5) is 0 Å². The van der Waals surface area contributed by atoms with Crippen molar-refractivity contribution in [1.29, 1.82) is 0 Å². The van der Waals surface area contributed by atoms with E-state index in [4.69, 9.17) is 9.47 Å². The Labute approximate surface area is 129 Å². The molecule has 0 atom stereocenters. The Bertz CT molecular complexity index is 695. The molecule has 2 rings (SSSR count). The number of nitrogens with one attached hydrogen (secondary N) is 2. The predicted octanol–water partition coefficient (Wildman–Crippen LogP) is 1.95. The topological polar surface area (TPSA) is 76.2 Å². The average Bonchev–Trinajstić information content (AvgIpc) is 2.53. The van der Waals surface area contributed by atoms with Gasteiger partial charge in [0.05, 0.1) is 19.9 Å². The number of rotatable bonds is 6. The van der Waals surface area contributed by atoms with Gasteiger partial charge in [0.15, 0.2) is 11.5 Å². The predicted molar refractivity (Wildman–Crippen MR) is 85.4 cm³/mol. The number of methoxy groups -OCH3 is 2. The lowest BCUT2D eigenvalue weighted by Crippen LogP contribution is -2.26. The molecule has 0 bridgehead atoms. The smallest absolute Gasteiger partial charge is 0.268 e. The zero-order valence-electron chi connectivity index (χ0n) is 13.3. The quantitative estimate of drug-likeness (QED) is 0.853. The van der Waals surface area contributed by atoms with Crippen molar-refractivity contribution in [3.63, 3.8) is 0 Å². The summed E-state index contributed by atoms with van der Waals surface area (Å²) in [6.45, 7) is 4.56. The van der Waals surface area contributed by atoms with Crippen LogP contribution in [0.25, 0.3) is 11.3 Å². The third-order valence-corrected chi connectivity index (χ3v) is 3.26. The van der Waals surface area contributed by atoms with Crippen LogP contribution in [0, 0.1) is 0 Å². The highest BCUT2D eigenvalue weighted by atomic mass is 16.5. The van der Waals surface area contributed by atoms with Crippen LogP contribution < -0.4 is 20.3 Å². The van der Waals surface area contributed by atoms with Gasteiger partial charge in [0.1, 0.15) is 0 Å². The first-order valence-corrected chi connectivity index (χ1v) is 7.09. The maximum absolute atomic E-state index is 11.8. The zero-order valence-corrected chi connectivity index (χ0v) is 13.3. The lowest BCUT2D eigenvalue weighted by molar-refractivity contribution is 0.355. The monoisotopic (exact) mass is 303 g/mol. The number of hydrogen-bond acceptors (Lipinski definition) is 5. The van der Waals surface area contributed by atoms with E-state index in [1.54, 1.807) is 20.3 Å². The second kappa shape index (κ2) is 7.09. The first-order chi connectivity index (χ1) is 10.5. The Hall–Kier alpha value is -2.34. The summed E-state index contributed by atoms with van der Waals surface area (Å²) in [6, 6.07) is 7.61. The van der Waals surface area contributed by atoms with Crippen molar-refractivity contribution in [3.05, 3.63) is 40.2 Å². The fourth-order valence-electron chi connectivity index (χ4n) is 2.03. The lowest BCUT2D eigenvalue weighted by Gasteiger charge is -2.10. The van der Waals surface area contributed by atoms with Crippen LogP contribution >= 0.6 is 0 Å². The molecule has 1 aromatic heterocycles. The molecule has 0 aliphatic heterocycles. The van der Waals surface area contributed by atoms with Gasteiger partial charge in [-0.05, 0) is 24.3 Å². The molecule has 0 saturated carbocycles. The molecule has 6 nitrogen and oxygen atoms in total. The number of hydrogen-bond donors (Lipinski definition) is 2. The summed E-state index contributed by atoms with van der Waals surface area (Å²) in [7, 11) is 3.17. The minimum absolute atomic E-state index is 0.183. The molecule has 2 aromatic rings. The highest BCUT2D eigenvalue weighted by Gasteiger charge is 2.10. The number of aromatic nitrogens is 2. The molecule has 0 aliphatic rings. The van der Waals surface area contributed by atoms with E-state index in [0.717, 1.165) is 5.56 Å². The van der Waals surface area contributed by atoms with E-state index in [1.165, 1.54) is 0 Å².